The van der Waals surface area contributed by atoms with E-state index in [1.54, 1.807) is 19.2 Å². The summed E-state index contributed by atoms with van der Waals surface area (Å²) in [6.07, 6.45) is 4.52. The van der Waals surface area contributed by atoms with Crippen molar-refractivity contribution in [2.45, 2.75) is 42.7 Å². The molecular formula is C30H38N6O4S. The third-order valence-corrected chi connectivity index (χ3v) is 10.6. The minimum atomic E-state index is -3.82. The first-order valence-electron chi connectivity index (χ1n) is 14.3. The topological polar surface area (TPSA) is 116 Å². The van der Waals surface area contributed by atoms with Gasteiger partial charge in [0.2, 0.25) is 15.9 Å². The number of ether oxygens (including phenoxy) is 1. The summed E-state index contributed by atoms with van der Waals surface area (Å²) in [6, 6.07) is 14.7. The van der Waals surface area contributed by atoms with Crippen molar-refractivity contribution in [1.82, 2.24) is 23.3 Å². The zero-order valence-corrected chi connectivity index (χ0v) is 24.5. The molecule has 1 amide bonds. The predicted octanol–water partition coefficient (Wildman–Crippen LogP) is 2.92. The van der Waals surface area contributed by atoms with Gasteiger partial charge in [-0.15, -0.1) is 0 Å². The van der Waals surface area contributed by atoms with E-state index < -0.39 is 22.0 Å². The molecule has 3 atom stereocenters. The maximum absolute atomic E-state index is 13.9. The highest BCUT2D eigenvalue weighted by atomic mass is 32.2. The van der Waals surface area contributed by atoms with Crippen molar-refractivity contribution in [1.29, 1.82) is 0 Å². The molecule has 0 saturated carbocycles. The number of likely N-dealkylation sites (tertiary alicyclic amines) is 1. The molecule has 2 aliphatic heterocycles. The molecule has 0 bridgehead atoms. The van der Waals surface area contributed by atoms with E-state index in [0.29, 0.717) is 25.1 Å². The molecule has 2 fully saturated rings. The van der Waals surface area contributed by atoms with Gasteiger partial charge in [0.15, 0.2) is 0 Å². The van der Waals surface area contributed by atoms with Crippen molar-refractivity contribution in [2.24, 2.45) is 18.7 Å². The van der Waals surface area contributed by atoms with Gasteiger partial charge in [-0.2, -0.15) is 4.31 Å². The minimum absolute atomic E-state index is 0.0696. The lowest BCUT2D eigenvalue weighted by atomic mass is 9.94. The normalized spacial score (nSPS) is 22.2. The first-order chi connectivity index (χ1) is 19.8. The van der Waals surface area contributed by atoms with Crippen molar-refractivity contribution in [3.05, 3.63) is 60.6 Å². The summed E-state index contributed by atoms with van der Waals surface area (Å²) in [6.45, 7) is 2.85. The molecule has 4 aromatic rings. The monoisotopic (exact) mass is 578 g/mol. The van der Waals surface area contributed by atoms with Gasteiger partial charge in [0.1, 0.15) is 5.82 Å². The fourth-order valence-corrected chi connectivity index (χ4v) is 8.22. The standard InChI is InChI=1S/C30H38N6O4S/c1-33-16-13-22-26(33)11-5-12-28(22)41(38,39)35-19-23(24(31)20-35)30(37)34-14-6-8-21(18-34)29-32-25-9-3-4-10-27(25)36(29)15-7-17-40-2/h3-5,9-13,16,21,23-24H,6-8,14-15,17-20,31H2,1-2H3/t21?,23-,24-/m1/s1. The molecule has 10 nitrogen and oxygen atoms in total. The van der Waals surface area contributed by atoms with Gasteiger partial charge in [0.05, 0.1) is 21.8 Å². The number of aromatic nitrogens is 3. The van der Waals surface area contributed by atoms with Crippen LogP contribution in [0, 0.1) is 5.92 Å². The number of aryl methyl sites for hydroxylation is 2. The number of hydrogen-bond acceptors (Lipinski definition) is 6. The van der Waals surface area contributed by atoms with Crippen LogP contribution in [-0.2, 0) is 33.1 Å². The van der Waals surface area contributed by atoms with Gasteiger partial charge in [-0.05, 0) is 49.6 Å². The van der Waals surface area contributed by atoms with Gasteiger partial charge in [-0.25, -0.2) is 13.4 Å². The van der Waals surface area contributed by atoms with E-state index in [9.17, 15) is 13.2 Å². The molecule has 2 aromatic carbocycles. The Morgan fingerprint density at radius 2 is 1.88 bits per heavy atom. The van der Waals surface area contributed by atoms with E-state index in [0.717, 1.165) is 48.2 Å². The van der Waals surface area contributed by atoms with Gasteiger partial charge in [-0.1, -0.05) is 18.2 Å². The van der Waals surface area contributed by atoms with Gasteiger partial charge in [0, 0.05) is 82.5 Å². The molecule has 2 aliphatic rings. The second-order valence-electron chi connectivity index (χ2n) is 11.3. The van der Waals surface area contributed by atoms with Crippen LogP contribution in [-0.4, -0.2) is 83.6 Å². The summed E-state index contributed by atoms with van der Waals surface area (Å²) in [5.41, 5.74) is 9.36. The lowest BCUT2D eigenvalue weighted by molar-refractivity contribution is -0.136. The fourth-order valence-electron chi connectivity index (χ4n) is 6.52. The Balaban J connectivity index is 1.21. The molecule has 1 unspecified atom stereocenters. The van der Waals surface area contributed by atoms with Crippen molar-refractivity contribution in [3.8, 4) is 0 Å². The minimum Gasteiger partial charge on any atom is -0.385 e. The number of methoxy groups -OCH3 is 1. The zero-order chi connectivity index (χ0) is 28.7. The molecular weight excluding hydrogens is 540 g/mol. The Morgan fingerprint density at radius 3 is 2.71 bits per heavy atom. The van der Waals surface area contributed by atoms with E-state index >= 15 is 0 Å². The molecule has 0 aliphatic carbocycles. The van der Waals surface area contributed by atoms with E-state index in [-0.39, 0.29) is 29.8 Å². The molecule has 2 saturated heterocycles. The van der Waals surface area contributed by atoms with Crippen molar-refractivity contribution in [2.75, 3.05) is 39.9 Å². The molecule has 0 spiro atoms. The van der Waals surface area contributed by atoms with Crippen LogP contribution in [0.4, 0.5) is 0 Å². The summed E-state index contributed by atoms with van der Waals surface area (Å²) < 4.78 is 38.3. The number of fused-ring (bicyclic) bond motifs is 2. The molecule has 6 rings (SSSR count). The number of piperidine rings is 1. The van der Waals surface area contributed by atoms with Gasteiger partial charge >= 0.3 is 0 Å². The smallest absolute Gasteiger partial charge is 0.243 e. The van der Waals surface area contributed by atoms with Crippen LogP contribution in [0.25, 0.3) is 21.9 Å². The molecule has 218 valence electrons. The van der Waals surface area contributed by atoms with Crippen LogP contribution >= 0.6 is 0 Å². The summed E-state index contributed by atoms with van der Waals surface area (Å²) in [4.78, 5) is 21.0. The number of carbonyl (C=O) groups is 1. The molecule has 4 heterocycles. The van der Waals surface area contributed by atoms with E-state index in [1.807, 2.05) is 53.0 Å². The number of sulfonamides is 1. The Labute approximate surface area is 240 Å². The highest BCUT2D eigenvalue weighted by Gasteiger charge is 2.44. The Kier molecular flexibility index (Phi) is 7.62. The first-order valence-corrected chi connectivity index (χ1v) is 15.8. The maximum Gasteiger partial charge on any atom is 0.243 e. The Hall–Kier alpha value is -3.25. The maximum atomic E-state index is 13.9. The van der Waals surface area contributed by atoms with Crippen LogP contribution in [0.15, 0.2) is 59.6 Å². The Morgan fingerprint density at radius 1 is 1.07 bits per heavy atom. The van der Waals surface area contributed by atoms with Crippen molar-refractivity contribution < 1.29 is 17.9 Å². The van der Waals surface area contributed by atoms with Crippen LogP contribution < -0.4 is 5.73 Å². The summed E-state index contributed by atoms with van der Waals surface area (Å²) in [7, 11) is -0.225. The number of nitrogens with zero attached hydrogens (tertiary/aromatic N) is 5. The third-order valence-electron chi connectivity index (χ3n) is 8.67. The highest BCUT2D eigenvalue weighted by molar-refractivity contribution is 7.89. The average molecular weight is 579 g/mol. The first kappa shape index (κ1) is 27.9. The van der Waals surface area contributed by atoms with Crippen LogP contribution in [0.2, 0.25) is 0 Å². The summed E-state index contributed by atoms with van der Waals surface area (Å²) >= 11 is 0. The number of para-hydroxylation sites is 2. The van der Waals surface area contributed by atoms with Gasteiger partial charge in [0.25, 0.3) is 0 Å². The summed E-state index contributed by atoms with van der Waals surface area (Å²) in [5, 5.41) is 0.672. The number of amides is 1. The average Bonchev–Trinajstić information content (AvgIpc) is 3.68. The number of carbonyl (C=O) groups excluding carboxylic acids is 1. The molecule has 2 N–H and O–H groups in total. The zero-order valence-electron chi connectivity index (χ0n) is 23.6. The predicted molar refractivity (Wildman–Crippen MR) is 158 cm³/mol. The highest BCUT2D eigenvalue weighted by Crippen LogP contribution is 2.33. The lowest BCUT2D eigenvalue weighted by Crippen LogP contribution is -2.47. The largest absolute Gasteiger partial charge is 0.385 e. The molecule has 2 aromatic heterocycles. The Bertz CT molecular complexity index is 1680. The van der Waals surface area contributed by atoms with E-state index in [2.05, 4.69) is 10.6 Å². The number of benzene rings is 2. The SMILES string of the molecule is COCCCn1c(C2CCCN(C(=O)[C@@H]3CN(S(=O)(=O)c4cccc5c4ccn5C)C[C@H]3N)C2)nc2ccccc21. The quantitative estimate of drug-likeness (QED) is 0.322. The van der Waals surface area contributed by atoms with Crippen LogP contribution in [0.1, 0.15) is 31.0 Å². The number of rotatable bonds is 8. The van der Waals surface area contributed by atoms with Gasteiger partial charge in [-0.3, -0.25) is 4.79 Å². The van der Waals surface area contributed by atoms with Gasteiger partial charge < -0.3 is 24.5 Å². The van der Waals surface area contributed by atoms with Crippen molar-refractivity contribution >= 4 is 37.9 Å². The second kappa shape index (κ2) is 11.2. The number of hydrogen-bond donors (Lipinski definition) is 1. The molecule has 41 heavy (non-hydrogen) atoms. The fraction of sp³-hybridized carbons (Fsp3) is 0.467. The number of imidazole rings is 1. The van der Waals surface area contributed by atoms with Crippen molar-refractivity contribution in [3.63, 3.8) is 0 Å². The lowest BCUT2D eigenvalue weighted by Gasteiger charge is -2.35. The molecule has 11 heteroatoms. The van der Waals surface area contributed by atoms with Crippen LogP contribution in [0.3, 0.4) is 0 Å². The number of nitrogens with two attached hydrogens (primary N) is 1. The second-order valence-corrected chi connectivity index (χ2v) is 13.2. The van der Waals surface area contributed by atoms with E-state index in [4.69, 9.17) is 15.5 Å². The van der Waals surface area contributed by atoms with E-state index in [1.165, 1.54) is 4.31 Å². The summed E-state index contributed by atoms with van der Waals surface area (Å²) in [5.74, 6) is 0.436. The third kappa shape index (κ3) is 5.05. The van der Waals surface area contributed by atoms with Crippen LogP contribution in [0.5, 0.6) is 0 Å². The molecule has 0 radical (unpaired) electrons.